The molecule has 3 aromatic carbocycles. The van der Waals surface area contributed by atoms with Gasteiger partial charge in [-0.2, -0.15) is 0 Å². The summed E-state index contributed by atoms with van der Waals surface area (Å²) in [6.45, 7) is 5.33. The molecule has 0 radical (unpaired) electrons. The van der Waals surface area contributed by atoms with Crippen LogP contribution in [0.2, 0.25) is 0 Å². The first-order valence-electron chi connectivity index (χ1n) is 15.0. The van der Waals surface area contributed by atoms with Gasteiger partial charge in [-0.1, -0.05) is 42.5 Å². The van der Waals surface area contributed by atoms with Crippen LogP contribution in [0.5, 0.6) is 5.75 Å². The van der Waals surface area contributed by atoms with Crippen molar-refractivity contribution in [1.82, 2.24) is 20.5 Å². The number of nitrogens with zero attached hydrogens (tertiary/aromatic N) is 2. The third kappa shape index (κ3) is 7.91. The molecule has 230 valence electrons. The SMILES string of the molecule is COc1cccc(CNC[C@@H](O)[C@H](Cc2ccccc2)NC(=O)c2cc(C)cc(C(=O)N3CCC[C@@H]3c3nc(C)cs3)c2)c1. The molecule has 1 fully saturated rings. The Morgan fingerprint density at radius 2 is 1.82 bits per heavy atom. The van der Waals surface area contributed by atoms with Crippen molar-refractivity contribution in [3.05, 3.63) is 117 Å². The molecule has 9 heteroatoms. The second kappa shape index (κ2) is 14.6. The molecule has 0 bridgehead atoms. The molecule has 2 heterocycles. The highest BCUT2D eigenvalue weighted by molar-refractivity contribution is 7.09. The van der Waals surface area contributed by atoms with Crippen LogP contribution in [0.1, 0.15) is 67.0 Å². The summed E-state index contributed by atoms with van der Waals surface area (Å²) < 4.78 is 5.31. The van der Waals surface area contributed by atoms with Crippen molar-refractivity contribution >= 4 is 23.2 Å². The molecular weight excluding hydrogens is 572 g/mol. The van der Waals surface area contributed by atoms with E-state index in [4.69, 9.17) is 4.74 Å². The Balaban J connectivity index is 1.30. The number of aliphatic hydroxyl groups is 1. The number of likely N-dealkylation sites (tertiary alicyclic amines) is 1. The van der Waals surface area contributed by atoms with Gasteiger partial charge in [0.15, 0.2) is 0 Å². The Kier molecular flexibility index (Phi) is 10.4. The van der Waals surface area contributed by atoms with Gasteiger partial charge in [-0.25, -0.2) is 4.98 Å². The lowest BCUT2D eigenvalue weighted by Crippen LogP contribution is -2.48. The van der Waals surface area contributed by atoms with Crippen LogP contribution < -0.4 is 15.4 Å². The minimum atomic E-state index is -0.859. The number of hydrogen-bond donors (Lipinski definition) is 3. The molecule has 0 spiro atoms. The fraction of sp³-hybridized carbons (Fsp3) is 0.343. The van der Waals surface area contributed by atoms with Gasteiger partial charge in [0.1, 0.15) is 10.8 Å². The Morgan fingerprint density at radius 1 is 1.05 bits per heavy atom. The molecular formula is C35H40N4O4S. The largest absolute Gasteiger partial charge is 0.497 e. The molecule has 8 nitrogen and oxygen atoms in total. The van der Waals surface area contributed by atoms with Crippen LogP contribution >= 0.6 is 11.3 Å². The van der Waals surface area contributed by atoms with Crippen LogP contribution in [0.15, 0.2) is 78.2 Å². The number of thiazole rings is 1. The monoisotopic (exact) mass is 612 g/mol. The second-order valence-electron chi connectivity index (χ2n) is 11.4. The lowest BCUT2D eigenvalue weighted by Gasteiger charge is -2.26. The quantitative estimate of drug-likeness (QED) is 0.202. The number of methoxy groups -OCH3 is 1. The number of amides is 2. The van der Waals surface area contributed by atoms with E-state index in [1.165, 1.54) is 0 Å². The van der Waals surface area contributed by atoms with E-state index in [9.17, 15) is 14.7 Å². The van der Waals surface area contributed by atoms with Crippen molar-refractivity contribution in [3.63, 3.8) is 0 Å². The van der Waals surface area contributed by atoms with Gasteiger partial charge in [-0.3, -0.25) is 9.59 Å². The molecule has 1 aromatic heterocycles. The molecule has 0 aliphatic carbocycles. The maximum Gasteiger partial charge on any atom is 0.254 e. The molecule has 0 unspecified atom stereocenters. The van der Waals surface area contributed by atoms with Gasteiger partial charge in [0, 0.05) is 41.8 Å². The molecule has 0 saturated carbocycles. The number of nitrogens with one attached hydrogen (secondary N) is 2. The van der Waals surface area contributed by atoms with E-state index >= 15 is 0 Å². The van der Waals surface area contributed by atoms with E-state index in [1.54, 1.807) is 30.6 Å². The highest BCUT2D eigenvalue weighted by Crippen LogP contribution is 2.35. The van der Waals surface area contributed by atoms with E-state index in [1.807, 2.05) is 84.8 Å². The fourth-order valence-corrected chi connectivity index (χ4v) is 6.63. The summed E-state index contributed by atoms with van der Waals surface area (Å²) in [6.07, 6.45) is 1.39. The molecule has 1 aliphatic rings. The number of benzene rings is 3. The summed E-state index contributed by atoms with van der Waals surface area (Å²) in [5, 5.41) is 20.6. The number of hydrogen-bond acceptors (Lipinski definition) is 7. The summed E-state index contributed by atoms with van der Waals surface area (Å²) >= 11 is 1.59. The maximum atomic E-state index is 13.7. The maximum absolute atomic E-state index is 13.7. The highest BCUT2D eigenvalue weighted by Gasteiger charge is 2.33. The third-order valence-corrected chi connectivity index (χ3v) is 8.98. The summed E-state index contributed by atoms with van der Waals surface area (Å²) in [7, 11) is 1.63. The molecule has 1 aliphatic heterocycles. The smallest absolute Gasteiger partial charge is 0.254 e. The first-order chi connectivity index (χ1) is 21.3. The summed E-state index contributed by atoms with van der Waals surface area (Å²) in [5.41, 5.74) is 4.69. The Labute approximate surface area is 263 Å². The first kappa shape index (κ1) is 31.4. The van der Waals surface area contributed by atoms with E-state index in [-0.39, 0.29) is 24.4 Å². The zero-order valence-corrected chi connectivity index (χ0v) is 26.3. The van der Waals surface area contributed by atoms with Gasteiger partial charge in [0.05, 0.1) is 25.3 Å². The van der Waals surface area contributed by atoms with Gasteiger partial charge in [-0.15, -0.1) is 11.3 Å². The van der Waals surface area contributed by atoms with Gasteiger partial charge >= 0.3 is 0 Å². The number of aryl methyl sites for hydroxylation is 2. The topological polar surface area (TPSA) is 104 Å². The van der Waals surface area contributed by atoms with Crippen LogP contribution in [0.25, 0.3) is 0 Å². The average molecular weight is 613 g/mol. The van der Waals surface area contributed by atoms with Gasteiger partial charge in [0.2, 0.25) is 0 Å². The van der Waals surface area contributed by atoms with Crippen molar-refractivity contribution in [1.29, 1.82) is 0 Å². The number of rotatable bonds is 12. The zero-order valence-electron chi connectivity index (χ0n) is 25.5. The predicted molar refractivity (Wildman–Crippen MR) is 173 cm³/mol. The minimum Gasteiger partial charge on any atom is -0.497 e. The lowest BCUT2D eigenvalue weighted by atomic mass is 9.99. The van der Waals surface area contributed by atoms with Crippen LogP contribution in [0.4, 0.5) is 0 Å². The van der Waals surface area contributed by atoms with Crippen molar-refractivity contribution in [2.45, 2.75) is 57.8 Å². The number of carbonyl (C=O) groups excluding carboxylic acids is 2. The molecule has 1 saturated heterocycles. The van der Waals surface area contributed by atoms with Gasteiger partial charge in [-0.05, 0) is 80.1 Å². The van der Waals surface area contributed by atoms with Crippen LogP contribution in [0.3, 0.4) is 0 Å². The molecule has 44 heavy (non-hydrogen) atoms. The second-order valence-corrected chi connectivity index (χ2v) is 12.3. The molecule has 5 rings (SSSR count). The Hall–Kier alpha value is -4.05. The zero-order chi connectivity index (χ0) is 31.1. The number of aliphatic hydroxyl groups excluding tert-OH is 1. The third-order valence-electron chi connectivity index (χ3n) is 7.92. The Bertz CT molecular complexity index is 1570. The van der Waals surface area contributed by atoms with Crippen LogP contribution in [-0.4, -0.2) is 59.1 Å². The van der Waals surface area contributed by atoms with Crippen LogP contribution in [0, 0.1) is 13.8 Å². The normalized spacial score (nSPS) is 16.0. The average Bonchev–Trinajstić information content (AvgIpc) is 3.69. The number of ether oxygens (including phenoxy) is 1. The van der Waals surface area contributed by atoms with Crippen molar-refractivity contribution in [3.8, 4) is 5.75 Å². The van der Waals surface area contributed by atoms with E-state index in [0.717, 1.165) is 46.0 Å². The minimum absolute atomic E-state index is 0.0474. The van der Waals surface area contributed by atoms with Crippen molar-refractivity contribution in [2.24, 2.45) is 0 Å². The molecule has 3 N–H and O–H groups in total. The van der Waals surface area contributed by atoms with E-state index < -0.39 is 12.1 Å². The molecule has 2 amide bonds. The first-order valence-corrected chi connectivity index (χ1v) is 15.9. The molecule has 3 atom stereocenters. The highest BCUT2D eigenvalue weighted by atomic mass is 32.1. The van der Waals surface area contributed by atoms with Gasteiger partial charge < -0.3 is 25.4 Å². The predicted octanol–water partition coefficient (Wildman–Crippen LogP) is 5.24. The summed E-state index contributed by atoms with van der Waals surface area (Å²) in [4.78, 5) is 33.9. The van der Waals surface area contributed by atoms with Crippen molar-refractivity contribution in [2.75, 3.05) is 20.2 Å². The van der Waals surface area contributed by atoms with Gasteiger partial charge in [0.25, 0.3) is 11.8 Å². The standard InChI is InChI=1S/C35H40N4O4S/c1-23-15-27(19-28(16-23)35(42)39-14-8-13-31(39)34-37-24(2)22-44-34)33(41)38-30(18-25-9-5-4-6-10-25)32(40)21-36-20-26-11-7-12-29(17-26)43-3/h4-7,9-12,15-17,19,22,30-32,36,40H,8,13-14,18,20-21H2,1-3H3,(H,38,41)/t30-,31+,32+/m0/s1. The van der Waals surface area contributed by atoms with Crippen LogP contribution in [-0.2, 0) is 13.0 Å². The number of carbonyl (C=O) groups is 2. The summed E-state index contributed by atoms with van der Waals surface area (Å²) in [6, 6.07) is 22.2. The Morgan fingerprint density at radius 3 is 2.57 bits per heavy atom. The van der Waals surface area contributed by atoms with E-state index in [0.29, 0.717) is 30.6 Å². The summed E-state index contributed by atoms with van der Waals surface area (Å²) in [5.74, 6) is 0.346. The fourth-order valence-electron chi connectivity index (χ4n) is 5.69. The molecule has 4 aromatic rings. The number of aromatic nitrogens is 1. The van der Waals surface area contributed by atoms with Crippen molar-refractivity contribution < 1.29 is 19.4 Å². The van der Waals surface area contributed by atoms with E-state index in [2.05, 4.69) is 15.6 Å². The lowest BCUT2D eigenvalue weighted by molar-refractivity contribution is 0.0735.